The van der Waals surface area contributed by atoms with Crippen LogP contribution in [0.2, 0.25) is 5.28 Å². The summed E-state index contributed by atoms with van der Waals surface area (Å²) < 4.78 is 4.90. The maximum absolute atomic E-state index is 5.72. The molecule has 0 bridgehead atoms. The second kappa shape index (κ2) is 4.44. The number of ether oxygens (including phenoxy) is 1. The van der Waals surface area contributed by atoms with Crippen molar-refractivity contribution in [3.8, 4) is 6.01 Å². The molecule has 80 valence electrons. The molecule has 0 amide bonds. The van der Waals surface area contributed by atoms with Crippen molar-refractivity contribution in [3.63, 3.8) is 0 Å². The average Bonchev–Trinajstić information content (AvgIpc) is 2.69. The zero-order valence-corrected chi connectivity index (χ0v) is 9.03. The second-order valence-electron chi connectivity index (χ2n) is 3.20. The molecule has 0 saturated carbocycles. The first-order valence-corrected chi connectivity index (χ1v) is 5.03. The highest BCUT2D eigenvalue weighted by molar-refractivity contribution is 6.28. The number of nitrogens with one attached hydrogen (secondary N) is 1. The van der Waals surface area contributed by atoms with Gasteiger partial charge < -0.3 is 10.1 Å². The first kappa shape index (κ1) is 10.2. The Balaban J connectivity index is 2.09. The van der Waals surface area contributed by atoms with E-state index in [9.17, 15) is 0 Å². The molecule has 1 N–H and O–H groups in total. The van der Waals surface area contributed by atoms with Gasteiger partial charge in [-0.3, -0.25) is 0 Å². The van der Waals surface area contributed by atoms with Gasteiger partial charge in [0.25, 0.3) is 0 Å². The molecule has 0 spiro atoms. The van der Waals surface area contributed by atoms with Gasteiger partial charge in [-0.05, 0) is 24.4 Å². The van der Waals surface area contributed by atoms with Crippen LogP contribution >= 0.6 is 11.6 Å². The van der Waals surface area contributed by atoms with Crippen LogP contribution in [-0.4, -0.2) is 28.1 Å². The van der Waals surface area contributed by atoms with Crippen LogP contribution < -0.4 is 10.1 Å². The molecule has 1 heterocycles. The largest absolute Gasteiger partial charge is 0.467 e. The van der Waals surface area contributed by atoms with E-state index in [1.165, 1.54) is 7.11 Å². The number of nitrogens with zero attached hydrogens (tertiary/aromatic N) is 3. The Morgan fingerprint density at radius 3 is 2.73 bits per heavy atom. The van der Waals surface area contributed by atoms with Crippen molar-refractivity contribution in [2.45, 2.75) is 18.9 Å². The Hall–Kier alpha value is -1.36. The van der Waals surface area contributed by atoms with Crippen molar-refractivity contribution in [1.29, 1.82) is 0 Å². The maximum Gasteiger partial charge on any atom is 0.322 e. The van der Waals surface area contributed by atoms with Crippen LogP contribution in [0.5, 0.6) is 6.01 Å². The van der Waals surface area contributed by atoms with Gasteiger partial charge in [-0.2, -0.15) is 15.0 Å². The van der Waals surface area contributed by atoms with E-state index in [0.29, 0.717) is 12.0 Å². The zero-order chi connectivity index (χ0) is 10.7. The summed E-state index contributed by atoms with van der Waals surface area (Å²) in [6.07, 6.45) is 6.20. The van der Waals surface area contributed by atoms with Gasteiger partial charge in [0.2, 0.25) is 11.2 Å². The van der Waals surface area contributed by atoms with Crippen molar-refractivity contribution in [3.05, 3.63) is 17.4 Å². The summed E-state index contributed by atoms with van der Waals surface area (Å²) in [7, 11) is 1.49. The summed E-state index contributed by atoms with van der Waals surface area (Å²) >= 11 is 5.72. The summed E-state index contributed by atoms with van der Waals surface area (Å²) in [6, 6.07) is 0.566. The highest BCUT2D eigenvalue weighted by Gasteiger charge is 2.12. The van der Waals surface area contributed by atoms with Crippen LogP contribution in [0.3, 0.4) is 0 Å². The molecule has 15 heavy (non-hydrogen) atoms. The summed E-state index contributed by atoms with van der Waals surface area (Å²) in [5.74, 6) is 0.459. The third kappa shape index (κ3) is 2.56. The molecule has 0 unspecified atom stereocenters. The summed E-state index contributed by atoms with van der Waals surface area (Å²) in [5, 5.41) is 3.30. The Morgan fingerprint density at radius 2 is 2.07 bits per heavy atom. The van der Waals surface area contributed by atoms with E-state index in [0.717, 1.165) is 12.8 Å². The molecule has 0 radical (unpaired) electrons. The van der Waals surface area contributed by atoms with E-state index < -0.39 is 0 Å². The molecule has 5 nitrogen and oxygen atoms in total. The molecule has 6 heteroatoms. The predicted octanol–water partition coefficient (Wildman–Crippen LogP) is 1.66. The summed E-state index contributed by atoms with van der Waals surface area (Å²) in [4.78, 5) is 11.8. The van der Waals surface area contributed by atoms with E-state index >= 15 is 0 Å². The van der Waals surface area contributed by atoms with Crippen molar-refractivity contribution in [2.75, 3.05) is 12.4 Å². The molecule has 1 aromatic rings. The molecule has 0 aliphatic heterocycles. The fraction of sp³-hybridized carbons (Fsp3) is 0.444. The van der Waals surface area contributed by atoms with Gasteiger partial charge in [-0.15, -0.1) is 0 Å². The van der Waals surface area contributed by atoms with E-state index in [2.05, 4.69) is 32.4 Å². The standard InChI is InChI=1S/C9H11ClN4O/c1-15-9-13-7(10)12-8(14-9)11-6-4-2-3-5-6/h2-3,6H,4-5H2,1H3,(H,11,12,13,14). The predicted molar refractivity (Wildman–Crippen MR) is 57.2 cm³/mol. The quantitative estimate of drug-likeness (QED) is 0.795. The fourth-order valence-electron chi connectivity index (χ4n) is 1.41. The normalized spacial score (nSPS) is 15.6. The number of halogens is 1. The highest BCUT2D eigenvalue weighted by atomic mass is 35.5. The lowest BCUT2D eigenvalue weighted by atomic mass is 10.2. The van der Waals surface area contributed by atoms with Gasteiger partial charge in [0, 0.05) is 6.04 Å². The van der Waals surface area contributed by atoms with Gasteiger partial charge in [-0.25, -0.2) is 0 Å². The summed E-state index contributed by atoms with van der Waals surface area (Å²) in [6.45, 7) is 0. The van der Waals surface area contributed by atoms with Crippen LogP contribution in [-0.2, 0) is 0 Å². The fourth-order valence-corrected chi connectivity index (χ4v) is 1.56. The number of anilines is 1. The molecule has 0 aromatic carbocycles. The Morgan fingerprint density at radius 1 is 1.33 bits per heavy atom. The third-order valence-electron chi connectivity index (χ3n) is 2.11. The second-order valence-corrected chi connectivity index (χ2v) is 3.54. The number of aromatic nitrogens is 3. The molecule has 0 fully saturated rings. The SMILES string of the molecule is COc1nc(Cl)nc(NC2CC=CC2)n1. The van der Waals surface area contributed by atoms with Gasteiger partial charge in [0.15, 0.2) is 0 Å². The number of rotatable bonds is 3. The lowest BCUT2D eigenvalue weighted by Gasteiger charge is -2.11. The van der Waals surface area contributed by atoms with Crippen molar-refractivity contribution in [1.82, 2.24) is 15.0 Å². The average molecular weight is 227 g/mol. The van der Waals surface area contributed by atoms with Crippen LogP contribution in [0.15, 0.2) is 12.2 Å². The van der Waals surface area contributed by atoms with Gasteiger partial charge in [0.05, 0.1) is 7.11 Å². The minimum atomic E-state index is 0.135. The Kier molecular flexibility index (Phi) is 3.01. The number of hydrogen-bond donors (Lipinski definition) is 1. The minimum absolute atomic E-state index is 0.135. The van der Waals surface area contributed by atoms with Gasteiger partial charge in [0.1, 0.15) is 0 Å². The number of methoxy groups -OCH3 is 1. The first-order chi connectivity index (χ1) is 7.28. The molecular formula is C9H11ClN4O. The van der Waals surface area contributed by atoms with Crippen LogP contribution in [0.25, 0.3) is 0 Å². The van der Waals surface area contributed by atoms with E-state index in [1.54, 1.807) is 0 Å². The third-order valence-corrected chi connectivity index (χ3v) is 2.28. The van der Waals surface area contributed by atoms with E-state index in [-0.39, 0.29) is 11.3 Å². The molecule has 1 aliphatic carbocycles. The van der Waals surface area contributed by atoms with Crippen LogP contribution in [0.4, 0.5) is 5.95 Å². The smallest absolute Gasteiger partial charge is 0.322 e. The molecule has 0 atom stereocenters. The van der Waals surface area contributed by atoms with Gasteiger partial charge >= 0.3 is 6.01 Å². The highest BCUT2D eigenvalue weighted by Crippen LogP contribution is 2.16. The van der Waals surface area contributed by atoms with E-state index in [1.807, 2.05) is 0 Å². The first-order valence-electron chi connectivity index (χ1n) is 4.65. The zero-order valence-electron chi connectivity index (χ0n) is 8.27. The van der Waals surface area contributed by atoms with Crippen molar-refractivity contribution < 1.29 is 4.74 Å². The Labute approximate surface area is 92.6 Å². The molecule has 1 aliphatic rings. The molecule has 1 aromatic heterocycles. The minimum Gasteiger partial charge on any atom is -0.467 e. The molecule has 0 saturated heterocycles. The van der Waals surface area contributed by atoms with Crippen LogP contribution in [0, 0.1) is 0 Å². The topological polar surface area (TPSA) is 59.9 Å². The monoisotopic (exact) mass is 226 g/mol. The molecular weight excluding hydrogens is 216 g/mol. The van der Waals surface area contributed by atoms with Crippen LogP contribution in [0.1, 0.15) is 12.8 Å². The van der Waals surface area contributed by atoms with E-state index in [4.69, 9.17) is 16.3 Å². The van der Waals surface area contributed by atoms with Crippen molar-refractivity contribution >= 4 is 17.5 Å². The molecule has 2 rings (SSSR count). The maximum atomic E-state index is 5.72. The van der Waals surface area contributed by atoms with Crippen molar-refractivity contribution in [2.24, 2.45) is 0 Å². The lowest BCUT2D eigenvalue weighted by Crippen LogP contribution is -2.17. The number of hydrogen-bond acceptors (Lipinski definition) is 5. The summed E-state index contributed by atoms with van der Waals surface area (Å²) in [5.41, 5.74) is 0. The Bertz CT molecular complexity index is 374. The lowest BCUT2D eigenvalue weighted by molar-refractivity contribution is 0.378. The van der Waals surface area contributed by atoms with Gasteiger partial charge in [-0.1, -0.05) is 12.2 Å².